The third-order valence-electron chi connectivity index (χ3n) is 4.75. The van der Waals surface area contributed by atoms with Gasteiger partial charge in [-0.15, -0.1) is 11.3 Å². The van der Waals surface area contributed by atoms with Crippen molar-refractivity contribution in [3.8, 4) is 23.4 Å². The first-order valence-corrected chi connectivity index (χ1v) is 10.2. The van der Waals surface area contributed by atoms with Crippen molar-refractivity contribution in [3.63, 3.8) is 0 Å². The molecule has 148 valence electrons. The summed E-state index contributed by atoms with van der Waals surface area (Å²) in [6, 6.07) is 12.2. The predicted octanol–water partition coefficient (Wildman–Crippen LogP) is 3.47. The number of hydrogen-bond acceptors (Lipinski definition) is 6. The van der Waals surface area contributed by atoms with Crippen LogP contribution in [-0.2, 0) is 24.1 Å². The van der Waals surface area contributed by atoms with Gasteiger partial charge < -0.3 is 5.32 Å². The van der Waals surface area contributed by atoms with Gasteiger partial charge in [-0.05, 0) is 12.0 Å². The number of aromatic amines is 1. The van der Waals surface area contributed by atoms with E-state index in [0.717, 1.165) is 28.3 Å². The molecule has 0 bridgehead atoms. The molecular formula is C21H17N7OS. The minimum absolute atomic E-state index is 0.0218. The van der Waals surface area contributed by atoms with Gasteiger partial charge in [0.25, 0.3) is 0 Å². The van der Waals surface area contributed by atoms with Gasteiger partial charge in [0, 0.05) is 22.8 Å². The number of nitriles is 2. The van der Waals surface area contributed by atoms with Gasteiger partial charge in [-0.1, -0.05) is 31.2 Å². The number of amides is 1. The van der Waals surface area contributed by atoms with Crippen molar-refractivity contribution >= 4 is 28.0 Å². The summed E-state index contributed by atoms with van der Waals surface area (Å²) in [7, 11) is 0. The zero-order chi connectivity index (χ0) is 21.1. The lowest BCUT2D eigenvalue weighted by atomic mass is 10.1. The lowest BCUT2D eigenvalue weighted by Crippen LogP contribution is -2.16. The second kappa shape index (κ2) is 8.19. The highest BCUT2D eigenvalue weighted by atomic mass is 32.1. The molecule has 1 aromatic carbocycles. The van der Waals surface area contributed by atoms with Gasteiger partial charge in [0.05, 0.1) is 30.3 Å². The molecule has 3 aromatic heterocycles. The summed E-state index contributed by atoms with van der Waals surface area (Å²) in [6.45, 7) is 2.12. The van der Waals surface area contributed by atoms with E-state index in [9.17, 15) is 10.1 Å². The molecule has 0 spiro atoms. The van der Waals surface area contributed by atoms with Crippen LogP contribution in [0.5, 0.6) is 0 Å². The maximum Gasteiger partial charge on any atom is 0.231 e. The second-order valence-electron chi connectivity index (χ2n) is 6.65. The zero-order valence-electron chi connectivity index (χ0n) is 16.1. The average Bonchev–Trinajstić information content (AvgIpc) is 3.44. The number of nitrogens with one attached hydrogen (secondary N) is 2. The molecule has 9 heteroatoms. The van der Waals surface area contributed by atoms with Crippen molar-refractivity contribution in [3.05, 3.63) is 58.4 Å². The van der Waals surface area contributed by atoms with Crippen LogP contribution in [0.15, 0.2) is 35.8 Å². The highest BCUT2D eigenvalue weighted by molar-refractivity contribution is 7.15. The molecule has 0 atom stereocenters. The molecule has 0 saturated heterocycles. The SMILES string of the molecule is CCc1ccc(-c2cn3c(CC(=O)Nc4n[nH]c(CC#N)c4C#N)csc3n2)cc1. The van der Waals surface area contributed by atoms with Crippen LogP contribution >= 0.6 is 11.3 Å². The number of aromatic nitrogens is 4. The summed E-state index contributed by atoms with van der Waals surface area (Å²) in [5.74, 6) is -0.162. The number of thiazole rings is 1. The van der Waals surface area contributed by atoms with E-state index < -0.39 is 0 Å². The van der Waals surface area contributed by atoms with E-state index in [1.54, 1.807) is 0 Å². The number of aryl methyl sites for hydroxylation is 1. The van der Waals surface area contributed by atoms with Crippen molar-refractivity contribution in [1.29, 1.82) is 10.5 Å². The minimum atomic E-state index is -0.302. The quantitative estimate of drug-likeness (QED) is 0.499. The molecule has 0 radical (unpaired) electrons. The third-order valence-corrected chi connectivity index (χ3v) is 5.64. The first-order valence-electron chi connectivity index (χ1n) is 9.31. The Labute approximate surface area is 176 Å². The van der Waals surface area contributed by atoms with Crippen molar-refractivity contribution in [1.82, 2.24) is 19.6 Å². The van der Waals surface area contributed by atoms with Crippen molar-refractivity contribution in [2.24, 2.45) is 0 Å². The van der Waals surface area contributed by atoms with Crippen LogP contribution < -0.4 is 5.32 Å². The highest BCUT2D eigenvalue weighted by Crippen LogP contribution is 2.25. The van der Waals surface area contributed by atoms with Crippen LogP contribution in [-0.4, -0.2) is 25.5 Å². The fourth-order valence-electron chi connectivity index (χ4n) is 3.14. The summed E-state index contributed by atoms with van der Waals surface area (Å²) in [6.07, 6.45) is 3.04. The number of benzene rings is 1. The van der Waals surface area contributed by atoms with E-state index in [4.69, 9.17) is 5.26 Å². The number of nitrogens with zero attached hydrogens (tertiary/aromatic N) is 5. The molecule has 30 heavy (non-hydrogen) atoms. The maximum atomic E-state index is 12.5. The fourth-order valence-corrected chi connectivity index (χ4v) is 4.02. The summed E-state index contributed by atoms with van der Waals surface area (Å²) in [5.41, 5.74) is 4.51. The van der Waals surface area contributed by atoms with Crippen molar-refractivity contribution < 1.29 is 4.79 Å². The summed E-state index contributed by atoms with van der Waals surface area (Å²) in [4.78, 5) is 18.0. The van der Waals surface area contributed by atoms with Crippen LogP contribution in [0, 0.1) is 22.7 Å². The van der Waals surface area contributed by atoms with E-state index in [1.165, 1.54) is 16.9 Å². The number of hydrogen-bond donors (Lipinski definition) is 2. The van der Waals surface area contributed by atoms with E-state index >= 15 is 0 Å². The van der Waals surface area contributed by atoms with E-state index in [1.807, 2.05) is 28.1 Å². The molecule has 0 fully saturated rings. The Morgan fingerprint density at radius 2 is 2.10 bits per heavy atom. The van der Waals surface area contributed by atoms with E-state index in [0.29, 0.717) is 5.69 Å². The van der Waals surface area contributed by atoms with Gasteiger partial charge in [-0.3, -0.25) is 14.3 Å². The van der Waals surface area contributed by atoms with Crippen LogP contribution in [0.25, 0.3) is 16.2 Å². The average molecular weight is 415 g/mol. The lowest BCUT2D eigenvalue weighted by molar-refractivity contribution is -0.115. The number of fused-ring (bicyclic) bond motifs is 1. The molecule has 4 aromatic rings. The Kier molecular flexibility index (Phi) is 5.29. The molecule has 0 unspecified atom stereocenters. The maximum absolute atomic E-state index is 12.5. The molecule has 0 aliphatic rings. The number of rotatable bonds is 6. The van der Waals surface area contributed by atoms with E-state index in [-0.39, 0.29) is 30.1 Å². The molecule has 8 nitrogen and oxygen atoms in total. The molecule has 0 aliphatic carbocycles. The molecule has 3 heterocycles. The number of carbonyl (C=O) groups is 1. The summed E-state index contributed by atoms with van der Waals surface area (Å²) >= 11 is 1.47. The second-order valence-corrected chi connectivity index (χ2v) is 7.49. The molecule has 2 N–H and O–H groups in total. The molecule has 1 amide bonds. The Morgan fingerprint density at radius 1 is 1.30 bits per heavy atom. The standard InChI is InChI=1S/C21H17N7OS/c1-2-13-3-5-14(6-4-13)18-11-28-15(12-30-21(28)24-18)9-19(29)25-20-16(10-23)17(7-8-22)26-27-20/h3-6,11-12H,2,7,9H2,1H3,(H2,25,26,27,29). The van der Waals surface area contributed by atoms with Crippen LogP contribution in [0.4, 0.5) is 5.82 Å². The third kappa shape index (κ3) is 3.66. The Morgan fingerprint density at radius 3 is 2.80 bits per heavy atom. The molecule has 0 saturated carbocycles. The smallest absolute Gasteiger partial charge is 0.231 e. The topological polar surface area (TPSA) is 123 Å². The van der Waals surface area contributed by atoms with E-state index in [2.05, 4.69) is 51.7 Å². The Bertz CT molecular complexity index is 1300. The van der Waals surface area contributed by atoms with Crippen molar-refractivity contribution in [2.45, 2.75) is 26.2 Å². The number of H-pyrrole nitrogens is 1. The number of anilines is 1. The fraction of sp³-hybridized carbons (Fsp3) is 0.190. The Hall–Kier alpha value is -3.95. The number of imidazole rings is 1. The van der Waals surface area contributed by atoms with Gasteiger partial charge in [0.2, 0.25) is 5.91 Å². The number of carbonyl (C=O) groups excluding carboxylic acids is 1. The monoisotopic (exact) mass is 415 g/mol. The molecule has 0 aliphatic heterocycles. The predicted molar refractivity (Wildman–Crippen MR) is 113 cm³/mol. The van der Waals surface area contributed by atoms with Gasteiger partial charge in [-0.2, -0.15) is 15.6 Å². The zero-order valence-corrected chi connectivity index (χ0v) is 17.0. The van der Waals surface area contributed by atoms with Gasteiger partial charge >= 0.3 is 0 Å². The normalized spacial score (nSPS) is 10.6. The van der Waals surface area contributed by atoms with Crippen LogP contribution in [0.2, 0.25) is 0 Å². The summed E-state index contributed by atoms with van der Waals surface area (Å²) in [5, 5.41) is 29.2. The van der Waals surface area contributed by atoms with Crippen LogP contribution in [0.1, 0.15) is 29.4 Å². The van der Waals surface area contributed by atoms with Gasteiger partial charge in [0.15, 0.2) is 10.8 Å². The first-order chi connectivity index (χ1) is 14.6. The van der Waals surface area contributed by atoms with Gasteiger partial charge in [-0.25, -0.2) is 4.98 Å². The van der Waals surface area contributed by atoms with Crippen LogP contribution in [0.3, 0.4) is 0 Å². The molecule has 4 rings (SSSR count). The first kappa shape index (κ1) is 19.4. The largest absolute Gasteiger partial charge is 0.308 e. The summed E-state index contributed by atoms with van der Waals surface area (Å²) < 4.78 is 1.91. The highest BCUT2D eigenvalue weighted by Gasteiger charge is 2.17. The lowest BCUT2D eigenvalue weighted by Gasteiger charge is -2.02. The Balaban J connectivity index is 1.53. The minimum Gasteiger partial charge on any atom is -0.308 e. The molecular weight excluding hydrogens is 398 g/mol. The van der Waals surface area contributed by atoms with Gasteiger partial charge in [0.1, 0.15) is 11.6 Å². The van der Waals surface area contributed by atoms with Crippen molar-refractivity contribution in [2.75, 3.05) is 5.32 Å².